The molecule has 6 rings (SSSR count). The molecule has 0 atom stereocenters. The lowest BCUT2D eigenvalue weighted by Gasteiger charge is -2.25. The number of rotatable bonds is 8. The molecular weight excluding hydrogens is 560 g/mol. The Labute approximate surface area is 253 Å². The van der Waals surface area contributed by atoms with Crippen molar-refractivity contribution in [2.24, 2.45) is 5.92 Å². The SMILES string of the molecule is CC(C)(C)c1ccc(N(Cc2ccc(C(=O)Nc3nn[nH]n3)cc2)C(=O)Nc2ccc3c(c2)C(=O)N(CC2CC2)C3=O)cc1. The van der Waals surface area contributed by atoms with E-state index in [2.05, 4.69) is 52.0 Å². The van der Waals surface area contributed by atoms with E-state index in [1.54, 1.807) is 47.4 Å². The van der Waals surface area contributed by atoms with Crippen LogP contribution >= 0.6 is 0 Å². The molecule has 1 aliphatic carbocycles. The standard InChI is InChI=1S/C32H32N8O4/c1-32(2,3)22-10-13-24(14-11-22)39(17-20-6-8-21(9-7-20)27(41)34-30-35-37-38-36-30)31(44)33-23-12-15-25-26(16-23)29(43)40(28(25)42)18-19-4-5-19/h6-16,19H,4-5,17-18H2,1-3H3,(H,33,44)(H2,34,35,36,37,38,41). The van der Waals surface area contributed by atoms with Gasteiger partial charge >= 0.3 is 6.03 Å². The molecule has 0 saturated heterocycles. The number of anilines is 3. The molecule has 2 heterocycles. The molecule has 3 aromatic carbocycles. The molecule has 0 unspecified atom stereocenters. The second-order valence-electron chi connectivity index (χ2n) is 12.1. The van der Waals surface area contributed by atoms with Crippen LogP contribution in [0.5, 0.6) is 0 Å². The molecule has 1 fully saturated rings. The van der Waals surface area contributed by atoms with Gasteiger partial charge in [0, 0.05) is 23.5 Å². The molecule has 1 saturated carbocycles. The van der Waals surface area contributed by atoms with E-state index in [9.17, 15) is 19.2 Å². The quantitative estimate of drug-likeness (QED) is 0.244. The summed E-state index contributed by atoms with van der Waals surface area (Å²) in [5.74, 6) is -0.570. The summed E-state index contributed by atoms with van der Waals surface area (Å²) >= 11 is 0. The first-order valence-corrected chi connectivity index (χ1v) is 14.4. The zero-order valence-electron chi connectivity index (χ0n) is 24.6. The van der Waals surface area contributed by atoms with Crippen LogP contribution in [0, 0.1) is 5.92 Å². The van der Waals surface area contributed by atoms with Gasteiger partial charge < -0.3 is 5.32 Å². The lowest BCUT2D eigenvalue weighted by Crippen LogP contribution is -2.34. The third kappa shape index (κ3) is 6.05. The van der Waals surface area contributed by atoms with Crippen LogP contribution < -0.4 is 15.5 Å². The maximum absolute atomic E-state index is 13.8. The molecule has 0 spiro atoms. The summed E-state index contributed by atoms with van der Waals surface area (Å²) in [4.78, 5) is 55.1. The average Bonchev–Trinajstić information content (AvgIpc) is 3.63. The van der Waals surface area contributed by atoms with Gasteiger partial charge in [0.25, 0.3) is 23.7 Å². The van der Waals surface area contributed by atoms with Crippen molar-refractivity contribution < 1.29 is 19.2 Å². The number of carbonyl (C=O) groups is 4. The van der Waals surface area contributed by atoms with Crippen LogP contribution in [0.1, 0.15) is 75.8 Å². The third-order valence-electron chi connectivity index (χ3n) is 7.78. The number of fused-ring (bicyclic) bond motifs is 1. The van der Waals surface area contributed by atoms with Crippen LogP contribution in [0.25, 0.3) is 0 Å². The Morgan fingerprint density at radius 2 is 1.64 bits per heavy atom. The fraction of sp³-hybridized carbons (Fsp3) is 0.281. The minimum Gasteiger partial charge on any atom is -0.308 e. The normalized spacial score (nSPS) is 14.4. The molecule has 224 valence electrons. The van der Waals surface area contributed by atoms with Crippen molar-refractivity contribution in [2.75, 3.05) is 22.1 Å². The number of carbonyl (C=O) groups excluding carboxylic acids is 4. The molecule has 2 aliphatic rings. The van der Waals surface area contributed by atoms with Gasteiger partial charge in [-0.1, -0.05) is 50.1 Å². The minimum absolute atomic E-state index is 0.0638. The highest BCUT2D eigenvalue weighted by Gasteiger charge is 2.39. The number of tetrazole rings is 1. The molecule has 0 radical (unpaired) electrons. The minimum atomic E-state index is -0.418. The molecule has 3 N–H and O–H groups in total. The first kappa shape index (κ1) is 28.7. The number of hydrogen-bond donors (Lipinski definition) is 3. The molecule has 1 aromatic heterocycles. The van der Waals surface area contributed by atoms with Gasteiger partial charge in [-0.25, -0.2) is 4.79 Å². The summed E-state index contributed by atoms with van der Waals surface area (Å²) in [6.07, 6.45) is 2.05. The number of aromatic nitrogens is 4. The second kappa shape index (κ2) is 11.4. The highest BCUT2D eigenvalue weighted by Crippen LogP contribution is 2.34. The van der Waals surface area contributed by atoms with Gasteiger partial charge in [-0.15, -0.1) is 5.10 Å². The van der Waals surface area contributed by atoms with Gasteiger partial charge in [0.05, 0.1) is 17.7 Å². The predicted molar refractivity (Wildman–Crippen MR) is 163 cm³/mol. The Balaban J connectivity index is 1.22. The van der Waals surface area contributed by atoms with Gasteiger partial charge in [-0.3, -0.25) is 29.5 Å². The van der Waals surface area contributed by atoms with Crippen molar-refractivity contribution in [1.82, 2.24) is 25.5 Å². The molecule has 44 heavy (non-hydrogen) atoms. The fourth-order valence-electron chi connectivity index (χ4n) is 5.04. The van der Waals surface area contributed by atoms with E-state index in [-0.39, 0.29) is 29.7 Å². The van der Waals surface area contributed by atoms with Crippen LogP contribution in [0.15, 0.2) is 66.7 Å². The molecule has 4 aromatic rings. The topological polar surface area (TPSA) is 153 Å². The summed E-state index contributed by atoms with van der Waals surface area (Å²) in [6.45, 7) is 6.99. The van der Waals surface area contributed by atoms with Gasteiger partial charge in [0.2, 0.25) is 0 Å². The molecule has 5 amide bonds. The number of nitrogens with one attached hydrogen (secondary N) is 3. The van der Waals surface area contributed by atoms with Crippen molar-refractivity contribution in [3.63, 3.8) is 0 Å². The Morgan fingerprint density at radius 1 is 0.932 bits per heavy atom. The van der Waals surface area contributed by atoms with Gasteiger partial charge in [-0.2, -0.15) is 5.21 Å². The summed E-state index contributed by atoms with van der Waals surface area (Å²) in [6, 6.07) is 19.0. The summed E-state index contributed by atoms with van der Waals surface area (Å²) < 4.78 is 0. The van der Waals surface area contributed by atoms with Crippen molar-refractivity contribution >= 4 is 41.1 Å². The first-order chi connectivity index (χ1) is 21.1. The van der Waals surface area contributed by atoms with E-state index in [0.717, 1.165) is 24.0 Å². The zero-order chi connectivity index (χ0) is 31.0. The van der Waals surface area contributed by atoms with Crippen LogP contribution in [0.3, 0.4) is 0 Å². The Morgan fingerprint density at radius 3 is 2.27 bits per heavy atom. The second-order valence-corrected chi connectivity index (χ2v) is 12.1. The van der Waals surface area contributed by atoms with E-state index in [1.807, 2.05) is 24.3 Å². The lowest BCUT2D eigenvalue weighted by molar-refractivity contribution is 0.0646. The van der Waals surface area contributed by atoms with Crippen LogP contribution in [0.4, 0.5) is 22.1 Å². The first-order valence-electron chi connectivity index (χ1n) is 14.4. The van der Waals surface area contributed by atoms with Crippen molar-refractivity contribution in [3.8, 4) is 0 Å². The predicted octanol–water partition coefficient (Wildman–Crippen LogP) is 4.99. The number of nitrogens with zero attached hydrogens (tertiary/aromatic N) is 5. The Hall–Kier alpha value is -5.39. The average molecular weight is 593 g/mol. The highest BCUT2D eigenvalue weighted by atomic mass is 16.2. The highest BCUT2D eigenvalue weighted by molar-refractivity contribution is 6.22. The molecule has 0 bridgehead atoms. The summed E-state index contributed by atoms with van der Waals surface area (Å²) in [5.41, 5.74) is 3.95. The van der Waals surface area contributed by atoms with Gasteiger partial charge in [-0.05, 0) is 83.0 Å². The smallest absolute Gasteiger partial charge is 0.308 e. The number of benzene rings is 3. The van der Waals surface area contributed by atoms with Crippen molar-refractivity contribution in [3.05, 3.63) is 94.5 Å². The molecule has 1 aliphatic heterocycles. The van der Waals surface area contributed by atoms with Crippen molar-refractivity contribution in [1.29, 1.82) is 0 Å². The Bertz CT molecular complexity index is 1720. The fourth-order valence-corrected chi connectivity index (χ4v) is 5.04. The number of urea groups is 1. The number of aromatic amines is 1. The van der Waals surface area contributed by atoms with E-state index in [0.29, 0.717) is 40.5 Å². The van der Waals surface area contributed by atoms with Crippen LogP contribution in [0.2, 0.25) is 0 Å². The lowest BCUT2D eigenvalue weighted by atomic mass is 9.87. The largest absolute Gasteiger partial charge is 0.326 e. The van der Waals surface area contributed by atoms with Gasteiger partial charge in [0.15, 0.2) is 0 Å². The number of imide groups is 1. The number of hydrogen-bond acceptors (Lipinski definition) is 7. The van der Waals surface area contributed by atoms with E-state index in [1.165, 1.54) is 4.90 Å². The Kier molecular flexibility index (Phi) is 7.41. The monoisotopic (exact) mass is 592 g/mol. The van der Waals surface area contributed by atoms with E-state index in [4.69, 9.17) is 0 Å². The number of H-pyrrole nitrogens is 1. The van der Waals surface area contributed by atoms with Crippen LogP contribution in [-0.4, -0.2) is 55.8 Å². The maximum atomic E-state index is 13.8. The van der Waals surface area contributed by atoms with Crippen molar-refractivity contribution in [2.45, 2.75) is 45.6 Å². The molecule has 12 heteroatoms. The maximum Gasteiger partial charge on any atom is 0.326 e. The molecule has 12 nitrogen and oxygen atoms in total. The number of amides is 5. The summed E-state index contributed by atoms with van der Waals surface area (Å²) in [5, 5.41) is 18.6. The van der Waals surface area contributed by atoms with E-state index >= 15 is 0 Å². The molecular formula is C32H32N8O4. The summed E-state index contributed by atoms with van der Waals surface area (Å²) in [7, 11) is 0. The third-order valence-corrected chi connectivity index (χ3v) is 7.78. The van der Waals surface area contributed by atoms with Crippen LogP contribution in [-0.2, 0) is 12.0 Å². The zero-order valence-corrected chi connectivity index (χ0v) is 24.6. The van der Waals surface area contributed by atoms with E-state index < -0.39 is 11.9 Å². The van der Waals surface area contributed by atoms with Gasteiger partial charge in [0.1, 0.15) is 0 Å².